The van der Waals surface area contributed by atoms with E-state index in [1.54, 1.807) is 0 Å². The lowest BCUT2D eigenvalue weighted by molar-refractivity contribution is -0.124. The average Bonchev–Trinajstić information content (AvgIpc) is 2.56. The van der Waals surface area contributed by atoms with Crippen LogP contribution in [0.25, 0.3) is 0 Å². The highest BCUT2D eigenvalue weighted by atomic mass is 16.1. The second-order valence-corrected chi connectivity index (χ2v) is 4.48. The van der Waals surface area contributed by atoms with Gasteiger partial charge in [-0.3, -0.25) is 4.79 Å². The Bertz CT molecular complexity index is 359. The summed E-state index contributed by atoms with van der Waals surface area (Å²) in [5.74, 6) is 1.47. The molecule has 2 heterocycles. The van der Waals surface area contributed by atoms with Crippen molar-refractivity contribution in [1.29, 1.82) is 0 Å². The Kier molecular flexibility index (Phi) is 3.59. The van der Waals surface area contributed by atoms with E-state index in [1.807, 2.05) is 24.0 Å². The van der Waals surface area contributed by atoms with Gasteiger partial charge in [0.25, 0.3) is 0 Å². The summed E-state index contributed by atoms with van der Waals surface area (Å²) in [5, 5.41) is 2.97. The summed E-state index contributed by atoms with van der Waals surface area (Å²) in [5.41, 5.74) is 0. The molecule has 1 aromatic heterocycles. The molecule has 1 fully saturated rings. The third-order valence-corrected chi connectivity index (χ3v) is 3.29. The van der Waals surface area contributed by atoms with Gasteiger partial charge in [0.05, 0.1) is 0 Å². The minimum absolute atomic E-state index is 0.180. The molecular formula is C12H19N3O. The Morgan fingerprint density at radius 2 is 2.44 bits per heavy atom. The lowest BCUT2D eigenvalue weighted by atomic mass is 9.97. The van der Waals surface area contributed by atoms with E-state index in [2.05, 4.69) is 10.3 Å². The maximum Gasteiger partial charge on any atom is 0.223 e. The van der Waals surface area contributed by atoms with Crippen LogP contribution in [0.15, 0.2) is 12.4 Å². The van der Waals surface area contributed by atoms with Gasteiger partial charge >= 0.3 is 0 Å². The van der Waals surface area contributed by atoms with Gasteiger partial charge in [0, 0.05) is 38.3 Å². The predicted octanol–water partition coefficient (Wildman–Crippen LogP) is 1.27. The maximum atomic E-state index is 11.7. The highest BCUT2D eigenvalue weighted by Gasteiger charge is 2.20. The van der Waals surface area contributed by atoms with Crippen molar-refractivity contribution in [3.8, 4) is 0 Å². The summed E-state index contributed by atoms with van der Waals surface area (Å²) < 4.78 is 2.02. The summed E-state index contributed by atoms with van der Waals surface area (Å²) in [4.78, 5) is 16.0. The summed E-state index contributed by atoms with van der Waals surface area (Å²) in [7, 11) is 2.00. The number of nitrogens with zero attached hydrogens (tertiary/aromatic N) is 2. The standard InChI is InChI=1S/C12H19N3O/c1-15-9-8-13-11(15)6-5-10-4-2-3-7-14-12(10)16/h8-10H,2-7H2,1H3,(H,14,16). The lowest BCUT2D eigenvalue weighted by Gasteiger charge is -2.12. The van der Waals surface area contributed by atoms with Gasteiger partial charge in [0.2, 0.25) is 5.91 Å². The molecule has 1 aliphatic rings. The Morgan fingerprint density at radius 3 is 3.19 bits per heavy atom. The van der Waals surface area contributed by atoms with Gasteiger partial charge in [-0.1, -0.05) is 6.42 Å². The van der Waals surface area contributed by atoms with Crippen LogP contribution in [0.5, 0.6) is 0 Å². The van der Waals surface area contributed by atoms with Crippen molar-refractivity contribution in [3.63, 3.8) is 0 Å². The molecule has 1 saturated heterocycles. The molecular weight excluding hydrogens is 202 g/mol. The molecule has 1 aliphatic heterocycles. The average molecular weight is 221 g/mol. The minimum Gasteiger partial charge on any atom is -0.356 e. The maximum absolute atomic E-state index is 11.7. The van der Waals surface area contributed by atoms with Gasteiger partial charge in [-0.15, -0.1) is 0 Å². The first kappa shape index (κ1) is 11.2. The zero-order valence-corrected chi connectivity index (χ0v) is 9.78. The van der Waals surface area contributed by atoms with Crippen LogP contribution >= 0.6 is 0 Å². The van der Waals surface area contributed by atoms with Gasteiger partial charge in [0.1, 0.15) is 5.82 Å². The van der Waals surface area contributed by atoms with Gasteiger partial charge in [-0.05, 0) is 19.3 Å². The number of aryl methyl sites for hydroxylation is 2. The fourth-order valence-corrected chi connectivity index (χ4v) is 2.22. The Labute approximate surface area is 96.1 Å². The number of rotatable bonds is 3. The van der Waals surface area contributed by atoms with Crippen molar-refractivity contribution in [2.45, 2.75) is 32.1 Å². The smallest absolute Gasteiger partial charge is 0.223 e. The molecule has 4 nitrogen and oxygen atoms in total. The SMILES string of the molecule is Cn1ccnc1CCC1CCCCNC1=O. The summed E-state index contributed by atoms with van der Waals surface area (Å²) >= 11 is 0. The van der Waals surface area contributed by atoms with Crippen molar-refractivity contribution in [3.05, 3.63) is 18.2 Å². The lowest BCUT2D eigenvalue weighted by Crippen LogP contribution is -2.29. The number of aromatic nitrogens is 2. The van der Waals surface area contributed by atoms with E-state index in [4.69, 9.17) is 0 Å². The van der Waals surface area contributed by atoms with Crippen LogP contribution < -0.4 is 5.32 Å². The van der Waals surface area contributed by atoms with Gasteiger partial charge in [-0.2, -0.15) is 0 Å². The van der Waals surface area contributed by atoms with Crippen LogP contribution in [0.3, 0.4) is 0 Å². The Hall–Kier alpha value is -1.32. The summed E-state index contributed by atoms with van der Waals surface area (Å²) in [6.07, 6.45) is 8.86. The Morgan fingerprint density at radius 1 is 1.56 bits per heavy atom. The molecule has 0 spiro atoms. The predicted molar refractivity (Wildman–Crippen MR) is 61.9 cm³/mol. The van der Waals surface area contributed by atoms with E-state index >= 15 is 0 Å². The number of nitrogens with one attached hydrogen (secondary N) is 1. The first-order valence-corrected chi connectivity index (χ1v) is 6.01. The molecule has 16 heavy (non-hydrogen) atoms. The minimum atomic E-state index is 0.180. The van der Waals surface area contributed by atoms with E-state index in [9.17, 15) is 4.79 Å². The van der Waals surface area contributed by atoms with E-state index in [1.165, 1.54) is 0 Å². The fraction of sp³-hybridized carbons (Fsp3) is 0.667. The number of carbonyl (C=O) groups is 1. The second-order valence-electron chi connectivity index (χ2n) is 4.48. The van der Waals surface area contributed by atoms with Crippen LogP contribution in [-0.4, -0.2) is 22.0 Å². The molecule has 0 bridgehead atoms. The third-order valence-electron chi connectivity index (χ3n) is 3.29. The van der Waals surface area contributed by atoms with Crippen molar-refractivity contribution in [1.82, 2.24) is 14.9 Å². The zero-order valence-electron chi connectivity index (χ0n) is 9.78. The largest absolute Gasteiger partial charge is 0.356 e. The zero-order chi connectivity index (χ0) is 11.4. The first-order valence-electron chi connectivity index (χ1n) is 6.01. The van der Waals surface area contributed by atoms with E-state index in [0.29, 0.717) is 0 Å². The molecule has 0 aliphatic carbocycles. The monoisotopic (exact) mass is 221 g/mol. The van der Waals surface area contributed by atoms with Crippen LogP contribution in [0.2, 0.25) is 0 Å². The first-order chi connectivity index (χ1) is 7.77. The van der Waals surface area contributed by atoms with Crippen molar-refractivity contribution in [2.75, 3.05) is 6.54 Å². The Balaban J connectivity index is 1.89. The molecule has 0 aromatic carbocycles. The third kappa shape index (κ3) is 2.62. The van der Waals surface area contributed by atoms with Crippen LogP contribution in [-0.2, 0) is 18.3 Å². The number of hydrogen-bond donors (Lipinski definition) is 1. The number of hydrogen-bond acceptors (Lipinski definition) is 2. The van der Waals surface area contributed by atoms with Crippen molar-refractivity contribution in [2.24, 2.45) is 13.0 Å². The fourth-order valence-electron chi connectivity index (χ4n) is 2.22. The van der Waals surface area contributed by atoms with Crippen molar-refractivity contribution >= 4 is 5.91 Å². The van der Waals surface area contributed by atoms with Crippen LogP contribution in [0.1, 0.15) is 31.5 Å². The number of amides is 1. The van der Waals surface area contributed by atoms with E-state index in [0.717, 1.165) is 44.5 Å². The van der Waals surface area contributed by atoms with E-state index < -0.39 is 0 Å². The second kappa shape index (κ2) is 5.14. The number of imidazole rings is 1. The number of carbonyl (C=O) groups excluding carboxylic acids is 1. The van der Waals surface area contributed by atoms with E-state index in [-0.39, 0.29) is 11.8 Å². The molecule has 0 saturated carbocycles. The molecule has 1 amide bonds. The summed E-state index contributed by atoms with van der Waals surface area (Å²) in [6, 6.07) is 0. The van der Waals surface area contributed by atoms with Crippen LogP contribution in [0, 0.1) is 5.92 Å². The molecule has 1 unspecified atom stereocenters. The normalized spacial score (nSPS) is 21.6. The highest BCUT2D eigenvalue weighted by molar-refractivity contribution is 5.78. The van der Waals surface area contributed by atoms with Crippen LogP contribution in [0.4, 0.5) is 0 Å². The van der Waals surface area contributed by atoms with Gasteiger partial charge in [0.15, 0.2) is 0 Å². The molecule has 1 N–H and O–H groups in total. The summed E-state index contributed by atoms with van der Waals surface area (Å²) in [6.45, 7) is 0.845. The topological polar surface area (TPSA) is 46.9 Å². The van der Waals surface area contributed by atoms with Crippen molar-refractivity contribution < 1.29 is 4.79 Å². The molecule has 88 valence electrons. The van der Waals surface area contributed by atoms with Gasteiger partial charge < -0.3 is 9.88 Å². The molecule has 4 heteroatoms. The molecule has 2 rings (SSSR count). The highest BCUT2D eigenvalue weighted by Crippen LogP contribution is 2.18. The molecule has 0 radical (unpaired) electrons. The molecule has 1 aromatic rings. The quantitative estimate of drug-likeness (QED) is 0.835. The molecule has 1 atom stereocenters. The van der Waals surface area contributed by atoms with Gasteiger partial charge in [-0.25, -0.2) is 4.98 Å².